The molecule has 2 heterocycles. The van der Waals surface area contributed by atoms with E-state index in [2.05, 4.69) is 4.98 Å². The molecule has 1 aromatic carbocycles. The van der Waals surface area contributed by atoms with E-state index in [-0.39, 0.29) is 17.3 Å². The van der Waals surface area contributed by atoms with Gasteiger partial charge < -0.3 is 9.80 Å². The van der Waals surface area contributed by atoms with Crippen LogP contribution in [0, 0.1) is 5.82 Å². The van der Waals surface area contributed by atoms with Gasteiger partial charge in [-0.3, -0.25) is 9.78 Å². The highest BCUT2D eigenvalue weighted by Gasteiger charge is 2.32. The van der Waals surface area contributed by atoms with Crippen LogP contribution in [0.2, 0.25) is 0 Å². The fourth-order valence-electron chi connectivity index (χ4n) is 2.73. The van der Waals surface area contributed by atoms with Crippen LogP contribution in [0.25, 0.3) is 0 Å². The topological polar surface area (TPSA) is 36.4 Å². The number of benzene rings is 1. The van der Waals surface area contributed by atoms with Crippen LogP contribution < -0.4 is 4.90 Å². The summed E-state index contributed by atoms with van der Waals surface area (Å²) in [4.78, 5) is 19.1. The minimum absolute atomic E-state index is 0.104. The summed E-state index contributed by atoms with van der Waals surface area (Å²) in [5, 5.41) is 0. The Kier molecular flexibility index (Phi) is 4.61. The zero-order valence-electron chi connectivity index (χ0n) is 13.1. The third-order valence-electron chi connectivity index (χ3n) is 4.06. The first kappa shape index (κ1) is 17.2. The van der Waals surface area contributed by atoms with E-state index in [9.17, 15) is 22.4 Å². The summed E-state index contributed by atoms with van der Waals surface area (Å²) in [6.07, 6.45) is -3.60. The van der Waals surface area contributed by atoms with Crippen molar-refractivity contribution >= 4 is 11.6 Å². The Labute approximate surface area is 141 Å². The fourth-order valence-corrected chi connectivity index (χ4v) is 2.73. The van der Waals surface area contributed by atoms with Crippen LogP contribution in [-0.2, 0) is 6.18 Å². The second-order valence-electron chi connectivity index (χ2n) is 5.66. The maximum atomic E-state index is 13.8. The van der Waals surface area contributed by atoms with Gasteiger partial charge in [0.05, 0.1) is 11.3 Å². The predicted octanol–water partition coefficient (Wildman–Crippen LogP) is 3.20. The standard InChI is InChI=1S/C17H15F4N3O/c18-13-3-1-2-4-14(13)23-7-9-24(10-8-23)16(25)12-5-6-15(22-11-12)17(19,20)21/h1-6,11H,7-10H2. The first-order valence-corrected chi connectivity index (χ1v) is 7.68. The van der Waals surface area contributed by atoms with Crippen LogP contribution in [0.3, 0.4) is 0 Å². The van der Waals surface area contributed by atoms with Gasteiger partial charge in [0.15, 0.2) is 0 Å². The molecule has 132 valence electrons. The molecular formula is C17H15F4N3O. The fraction of sp³-hybridized carbons (Fsp3) is 0.294. The van der Waals surface area contributed by atoms with E-state index in [1.165, 1.54) is 11.0 Å². The predicted molar refractivity (Wildman–Crippen MR) is 83.8 cm³/mol. The summed E-state index contributed by atoms with van der Waals surface area (Å²) in [5.41, 5.74) is -0.452. The molecule has 0 N–H and O–H groups in total. The maximum Gasteiger partial charge on any atom is 0.433 e. The molecule has 2 aromatic rings. The molecule has 0 bridgehead atoms. The molecule has 3 rings (SSSR count). The monoisotopic (exact) mass is 353 g/mol. The van der Waals surface area contributed by atoms with Crippen molar-refractivity contribution in [2.24, 2.45) is 0 Å². The number of piperazine rings is 1. The molecule has 0 spiro atoms. The summed E-state index contributed by atoms with van der Waals surface area (Å²) in [6.45, 7) is 1.60. The average Bonchev–Trinajstić information content (AvgIpc) is 2.61. The van der Waals surface area contributed by atoms with Crippen molar-refractivity contribution in [3.05, 3.63) is 59.7 Å². The molecule has 1 aliphatic heterocycles. The molecule has 0 aliphatic carbocycles. The van der Waals surface area contributed by atoms with Gasteiger partial charge in [-0.05, 0) is 24.3 Å². The number of alkyl halides is 3. The number of aromatic nitrogens is 1. The number of hydrogen-bond donors (Lipinski definition) is 0. The quantitative estimate of drug-likeness (QED) is 0.778. The zero-order valence-corrected chi connectivity index (χ0v) is 13.1. The van der Waals surface area contributed by atoms with Gasteiger partial charge in [0.1, 0.15) is 11.5 Å². The highest BCUT2D eigenvalue weighted by molar-refractivity contribution is 5.94. The maximum absolute atomic E-state index is 13.8. The Balaban J connectivity index is 1.65. The van der Waals surface area contributed by atoms with Crippen LogP contribution in [0.5, 0.6) is 0 Å². The SMILES string of the molecule is O=C(c1ccc(C(F)(F)F)nc1)N1CCN(c2ccccc2F)CC1. The third-order valence-corrected chi connectivity index (χ3v) is 4.06. The van der Waals surface area contributed by atoms with Crippen LogP contribution in [0.1, 0.15) is 16.1 Å². The second kappa shape index (κ2) is 6.70. The van der Waals surface area contributed by atoms with Crippen LogP contribution in [0.4, 0.5) is 23.2 Å². The summed E-state index contributed by atoms with van der Waals surface area (Å²) >= 11 is 0. The average molecular weight is 353 g/mol. The number of carbonyl (C=O) groups is 1. The summed E-state index contributed by atoms with van der Waals surface area (Å²) in [5.74, 6) is -0.705. The Hall–Kier alpha value is -2.64. The number of pyridine rings is 1. The van der Waals surface area contributed by atoms with Gasteiger partial charge in [-0.15, -0.1) is 0 Å². The summed E-state index contributed by atoms with van der Waals surface area (Å²) < 4.78 is 51.4. The molecule has 8 heteroatoms. The molecule has 1 saturated heterocycles. The number of carbonyl (C=O) groups excluding carboxylic acids is 1. The minimum atomic E-state index is -4.53. The Morgan fingerprint density at radius 1 is 1.00 bits per heavy atom. The van der Waals surface area contributed by atoms with Crippen molar-refractivity contribution in [2.75, 3.05) is 31.1 Å². The van der Waals surface area contributed by atoms with E-state index in [1.54, 1.807) is 18.2 Å². The Morgan fingerprint density at radius 3 is 2.24 bits per heavy atom. The number of halogens is 4. The van der Waals surface area contributed by atoms with Crippen molar-refractivity contribution in [1.82, 2.24) is 9.88 Å². The lowest BCUT2D eigenvalue weighted by Gasteiger charge is -2.36. The van der Waals surface area contributed by atoms with E-state index < -0.39 is 11.9 Å². The Bertz CT molecular complexity index is 753. The molecule has 1 fully saturated rings. The number of amides is 1. The van der Waals surface area contributed by atoms with E-state index in [1.807, 2.05) is 4.90 Å². The van der Waals surface area contributed by atoms with Gasteiger partial charge in [0.2, 0.25) is 0 Å². The van der Waals surface area contributed by atoms with Crippen LogP contribution >= 0.6 is 0 Å². The second-order valence-corrected chi connectivity index (χ2v) is 5.66. The molecule has 1 amide bonds. The van der Waals surface area contributed by atoms with Gasteiger partial charge in [0.25, 0.3) is 5.91 Å². The lowest BCUT2D eigenvalue weighted by atomic mass is 10.2. The molecule has 25 heavy (non-hydrogen) atoms. The minimum Gasteiger partial charge on any atom is -0.366 e. The first-order chi connectivity index (χ1) is 11.9. The van der Waals surface area contributed by atoms with Gasteiger partial charge in [-0.2, -0.15) is 13.2 Å². The van der Waals surface area contributed by atoms with Crippen LogP contribution in [-0.4, -0.2) is 42.0 Å². The first-order valence-electron chi connectivity index (χ1n) is 7.68. The van der Waals surface area contributed by atoms with Gasteiger partial charge >= 0.3 is 6.18 Å². The van der Waals surface area contributed by atoms with Gasteiger partial charge in [-0.1, -0.05) is 12.1 Å². The third kappa shape index (κ3) is 3.72. The molecule has 1 aromatic heterocycles. The number of hydrogen-bond acceptors (Lipinski definition) is 3. The van der Waals surface area contributed by atoms with E-state index in [4.69, 9.17) is 0 Å². The number of nitrogens with zero attached hydrogens (tertiary/aromatic N) is 3. The van der Waals surface area contributed by atoms with E-state index >= 15 is 0 Å². The smallest absolute Gasteiger partial charge is 0.366 e. The van der Waals surface area contributed by atoms with Gasteiger partial charge in [0, 0.05) is 32.4 Å². The van der Waals surface area contributed by atoms with Crippen molar-refractivity contribution < 1.29 is 22.4 Å². The van der Waals surface area contributed by atoms with E-state index in [0.29, 0.717) is 31.9 Å². The van der Waals surface area contributed by atoms with Crippen molar-refractivity contribution in [3.8, 4) is 0 Å². The van der Waals surface area contributed by atoms with Crippen molar-refractivity contribution in [2.45, 2.75) is 6.18 Å². The van der Waals surface area contributed by atoms with Crippen molar-refractivity contribution in [1.29, 1.82) is 0 Å². The molecule has 0 radical (unpaired) electrons. The molecular weight excluding hydrogens is 338 g/mol. The van der Waals surface area contributed by atoms with Crippen LogP contribution in [0.15, 0.2) is 42.6 Å². The number of anilines is 1. The summed E-state index contributed by atoms with van der Waals surface area (Å²) in [7, 11) is 0. The lowest BCUT2D eigenvalue weighted by Crippen LogP contribution is -2.49. The molecule has 0 saturated carbocycles. The number of para-hydroxylation sites is 1. The highest BCUT2D eigenvalue weighted by atomic mass is 19.4. The molecule has 0 unspecified atom stereocenters. The molecule has 1 aliphatic rings. The Morgan fingerprint density at radius 2 is 1.68 bits per heavy atom. The lowest BCUT2D eigenvalue weighted by molar-refractivity contribution is -0.141. The summed E-state index contributed by atoms with van der Waals surface area (Å²) in [6, 6.07) is 8.32. The van der Waals surface area contributed by atoms with E-state index in [0.717, 1.165) is 18.3 Å². The van der Waals surface area contributed by atoms with Gasteiger partial charge in [-0.25, -0.2) is 4.39 Å². The molecule has 4 nitrogen and oxygen atoms in total. The number of rotatable bonds is 2. The highest BCUT2D eigenvalue weighted by Crippen LogP contribution is 2.27. The largest absolute Gasteiger partial charge is 0.433 e. The normalized spacial score (nSPS) is 15.4. The molecule has 0 atom stereocenters. The van der Waals surface area contributed by atoms with Crippen molar-refractivity contribution in [3.63, 3.8) is 0 Å². The zero-order chi connectivity index (χ0) is 18.0.